The third-order valence-electron chi connectivity index (χ3n) is 3.70. The fourth-order valence-corrected chi connectivity index (χ4v) is 2.31. The molecule has 4 heteroatoms. The molecule has 0 radical (unpaired) electrons. The average molecular weight is 320 g/mol. The first-order valence-corrected chi connectivity index (χ1v) is 7.71. The summed E-state index contributed by atoms with van der Waals surface area (Å²) >= 11 is 0. The van der Waals surface area contributed by atoms with Gasteiger partial charge in [0.15, 0.2) is 11.6 Å². The van der Waals surface area contributed by atoms with Crippen LogP contribution in [0.4, 0.5) is 4.39 Å². The lowest BCUT2D eigenvalue weighted by Crippen LogP contribution is -2.12. The molecule has 3 nitrogen and oxygen atoms in total. The number of benzene rings is 1. The molecule has 0 spiro atoms. The Morgan fingerprint density at radius 1 is 1.39 bits per heavy atom. The van der Waals surface area contributed by atoms with E-state index in [1.165, 1.54) is 12.1 Å². The van der Waals surface area contributed by atoms with Crippen LogP contribution in [0.2, 0.25) is 0 Å². The van der Waals surface area contributed by atoms with Gasteiger partial charge in [0.1, 0.15) is 0 Å². The lowest BCUT2D eigenvalue weighted by Gasteiger charge is -2.17. The van der Waals surface area contributed by atoms with Gasteiger partial charge in [-0.05, 0) is 55.0 Å². The number of rotatable bonds is 8. The van der Waals surface area contributed by atoms with E-state index in [1.54, 1.807) is 12.1 Å². The molecule has 1 rings (SSSR count). The summed E-state index contributed by atoms with van der Waals surface area (Å²) in [4.78, 5) is 0. The first-order valence-electron chi connectivity index (χ1n) is 7.71. The summed E-state index contributed by atoms with van der Waals surface area (Å²) in [5, 5.41) is 28.5. The van der Waals surface area contributed by atoms with Gasteiger partial charge in [-0.15, -0.1) is 0 Å². The summed E-state index contributed by atoms with van der Waals surface area (Å²) < 4.78 is 13.3. The van der Waals surface area contributed by atoms with Crippen molar-refractivity contribution in [3.05, 3.63) is 59.0 Å². The highest BCUT2D eigenvalue weighted by molar-refractivity contribution is 5.53. The van der Waals surface area contributed by atoms with Crippen molar-refractivity contribution in [1.29, 1.82) is 0 Å². The zero-order valence-electron chi connectivity index (χ0n) is 13.7. The number of hydrogen-bond donors (Lipinski definition) is 3. The standard InChI is InChI=1S/C19H25FO3/c1-4-14(3)16(9-10-21)18(22)7-5-13(2)11-15-6-8-19(23)17(20)12-15/h6,8-9,11-12,18,21-23H,3-5,7,10H2,1-2H3/b13-11+,16-9-. The van der Waals surface area contributed by atoms with Crippen molar-refractivity contribution in [3.63, 3.8) is 0 Å². The molecule has 3 N–H and O–H groups in total. The lowest BCUT2D eigenvalue weighted by atomic mass is 9.94. The molecule has 126 valence electrons. The first-order chi connectivity index (χ1) is 10.9. The molecule has 0 aliphatic heterocycles. The van der Waals surface area contributed by atoms with Gasteiger partial charge in [-0.3, -0.25) is 0 Å². The molecule has 0 amide bonds. The van der Waals surface area contributed by atoms with Crippen LogP contribution in [0.3, 0.4) is 0 Å². The molecule has 0 aliphatic carbocycles. The van der Waals surface area contributed by atoms with Crippen LogP contribution in [-0.2, 0) is 0 Å². The zero-order chi connectivity index (χ0) is 17.4. The SMILES string of the molecule is C=C(CC)/C(=C/CO)C(O)CC/C(C)=C/c1ccc(O)c(F)c1. The van der Waals surface area contributed by atoms with Gasteiger partial charge in [-0.2, -0.15) is 0 Å². The van der Waals surface area contributed by atoms with Crippen molar-refractivity contribution in [2.24, 2.45) is 0 Å². The lowest BCUT2D eigenvalue weighted by molar-refractivity contribution is 0.201. The molecule has 0 fully saturated rings. The van der Waals surface area contributed by atoms with E-state index in [2.05, 4.69) is 6.58 Å². The van der Waals surface area contributed by atoms with E-state index in [-0.39, 0.29) is 12.4 Å². The summed E-state index contributed by atoms with van der Waals surface area (Å²) in [6.45, 7) is 7.63. The van der Waals surface area contributed by atoms with Crippen molar-refractivity contribution in [3.8, 4) is 5.75 Å². The number of halogens is 1. The number of phenols is 1. The highest BCUT2D eigenvalue weighted by atomic mass is 19.1. The van der Waals surface area contributed by atoms with Crippen LogP contribution in [0.25, 0.3) is 6.08 Å². The molecule has 1 atom stereocenters. The molecular formula is C19H25FO3. The minimum atomic E-state index is -0.686. The van der Waals surface area contributed by atoms with Gasteiger partial charge >= 0.3 is 0 Å². The van der Waals surface area contributed by atoms with Crippen LogP contribution in [-0.4, -0.2) is 28.0 Å². The third-order valence-corrected chi connectivity index (χ3v) is 3.70. The smallest absolute Gasteiger partial charge is 0.165 e. The number of hydrogen-bond acceptors (Lipinski definition) is 3. The Morgan fingerprint density at radius 3 is 2.65 bits per heavy atom. The molecular weight excluding hydrogens is 295 g/mol. The molecule has 0 aliphatic rings. The normalized spacial score (nSPS) is 14.0. The second kappa shape index (κ2) is 9.28. The number of aliphatic hydroxyl groups is 2. The van der Waals surface area contributed by atoms with Gasteiger partial charge in [0.2, 0.25) is 0 Å². The highest BCUT2D eigenvalue weighted by Gasteiger charge is 2.13. The van der Waals surface area contributed by atoms with Crippen molar-refractivity contribution < 1.29 is 19.7 Å². The number of allylic oxidation sites excluding steroid dienone is 1. The predicted molar refractivity (Wildman–Crippen MR) is 91.6 cm³/mol. The molecule has 0 saturated carbocycles. The van der Waals surface area contributed by atoms with Crippen LogP contribution in [0.1, 0.15) is 38.7 Å². The van der Waals surface area contributed by atoms with Gasteiger partial charge in [0.05, 0.1) is 12.7 Å². The summed E-state index contributed by atoms with van der Waals surface area (Å²) in [5.74, 6) is -1.02. The fraction of sp³-hybridized carbons (Fsp3) is 0.368. The molecule has 1 aromatic carbocycles. The van der Waals surface area contributed by atoms with Gasteiger partial charge in [-0.25, -0.2) is 4.39 Å². The Bertz CT molecular complexity index is 603. The van der Waals surface area contributed by atoms with Crippen LogP contribution >= 0.6 is 0 Å². The predicted octanol–water partition coefficient (Wildman–Crippen LogP) is 3.96. The van der Waals surface area contributed by atoms with E-state index >= 15 is 0 Å². The minimum Gasteiger partial charge on any atom is -0.505 e. The average Bonchev–Trinajstić information content (AvgIpc) is 2.53. The van der Waals surface area contributed by atoms with Crippen molar-refractivity contribution in [2.45, 2.75) is 39.2 Å². The molecule has 0 heterocycles. The Balaban J connectivity index is 2.71. The van der Waals surface area contributed by atoms with E-state index < -0.39 is 11.9 Å². The van der Waals surface area contributed by atoms with Gasteiger partial charge in [-0.1, -0.05) is 37.3 Å². The largest absolute Gasteiger partial charge is 0.505 e. The first kappa shape index (κ1) is 19.1. The van der Waals surface area contributed by atoms with Crippen molar-refractivity contribution in [2.75, 3.05) is 6.61 Å². The van der Waals surface area contributed by atoms with Gasteiger partial charge in [0, 0.05) is 0 Å². The minimum absolute atomic E-state index is 0.132. The monoisotopic (exact) mass is 320 g/mol. The fourth-order valence-electron chi connectivity index (χ4n) is 2.31. The second-order valence-electron chi connectivity index (χ2n) is 5.56. The Labute approximate surface area is 137 Å². The molecule has 23 heavy (non-hydrogen) atoms. The molecule has 1 aromatic rings. The summed E-state index contributed by atoms with van der Waals surface area (Å²) in [6.07, 6.45) is 4.56. The molecule has 1 unspecified atom stereocenters. The van der Waals surface area contributed by atoms with Crippen LogP contribution < -0.4 is 0 Å². The van der Waals surface area contributed by atoms with Gasteiger partial charge in [0.25, 0.3) is 0 Å². The topological polar surface area (TPSA) is 60.7 Å². The van der Waals surface area contributed by atoms with Crippen molar-refractivity contribution in [1.82, 2.24) is 0 Å². The molecule has 0 aromatic heterocycles. The Morgan fingerprint density at radius 2 is 2.09 bits per heavy atom. The van der Waals surface area contributed by atoms with Crippen LogP contribution in [0.15, 0.2) is 47.6 Å². The maximum absolute atomic E-state index is 13.3. The third kappa shape index (κ3) is 6.00. The number of aromatic hydroxyl groups is 1. The molecule has 0 bridgehead atoms. The zero-order valence-corrected chi connectivity index (χ0v) is 13.7. The van der Waals surface area contributed by atoms with Gasteiger partial charge < -0.3 is 15.3 Å². The quantitative estimate of drug-likeness (QED) is 0.635. The van der Waals surface area contributed by atoms with E-state index in [9.17, 15) is 14.6 Å². The van der Waals surface area contributed by atoms with E-state index in [0.717, 1.165) is 11.1 Å². The Hall–Kier alpha value is -1.91. The second-order valence-corrected chi connectivity index (χ2v) is 5.56. The van der Waals surface area contributed by atoms with E-state index in [4.69, 9.17) is 5.11 Å². The maximum Gasteiger partial charge on any atom is 0.165 e. The maximum atomic E-state index is 13.3. The number of aliphatic hydroxyl groups excluding tert-OH is 2. The van der Waals surface area contributed by atoms with E-state index in [0.29, 0.717) is 30.4 Å². The van der Waals surface area contributed by atoms with E-state index in [1.807, 2.05) is 19.9 Å². The Kier molecular flexibility index (Phi) is 7.72. The van der Waals surface area contributed by atoms with Crippen LogP contribution in [0.5, 0.6) is 5.75 Å². The van der Waals surface area contributed by atoms with Crippen molar-refractivity contribution >= 4 is 6.08 Å². The summed E-state index contributed by atoms with van der Waals surface area (Å²) in [5.41, 5.74) is 3.14. The number of phenolic OH excluding ortho intramolecular Hbond substituents is 1. The van der Waals surface area contributed by atoms with Crippen LogP contribution in [0, 0.1) is 5.82 Å². The summed E-state index contributed by atoms with van der Waals surface area (Å²) in [6, 6.07) is 4.22. The molecule has 0 saturated heterocycles. The highest BCUT2D eigenvalue weighted by Crippen LogP contribution is 2.22. The summed E-state index contributed by atoms with van der Waals surface area (Å²) in [7, 11) is 0.